The van der Waals surface area contributed by atoms with Gasteiger partial charge in [-0.25, -0.2) is 0 Å². The van der Waals surface area contributed by atoms with Gasteiger partial charge in [0.2, 0.25) is 0 Å². The normalized spacial score (nSPS) is 9.82. The number of hydrogen-bond acceptors (Lipinski definition) is 1. The number of halogens is 3. The summed E-state index contributed by atoms with van der Waals surface area (Å²) in [6.45, 7) is 0. The smallest absolute Gasteiger partial charge is 0.121 e. The van der Waals surface area contributed by atoms with E-state index in [1.54, 1.807) is 7.11 Å². The van der Waals surface area contributed by atoms with Gasteiger partial charge in [0.1, 0.15) is 5.75 Å². The van der Waals surface area contributed by atoms with Crippen LogP contribution in [0.2, 0.25) is 0 Å². The summed E-state index contributed by atoms with van der Waals surface area (Å²) in [5.74, 6) is 0.826. The SMILES string of the molecule is COc1cc(Br)c(Br)c(Br)c1. The van der Waals surface area contributed by atoms with E-state index in [-0.39, 0.29) is 0 Å². The quantitative estimate of drug-likeness (QED) is 0.700. The molecule has 0 saturated carbocycles. The summed E-state index contributed by atoms with van der Waals surface area (Å²) in [6.07, 6.45) is 0. The van der Waals surface area contributed by atoms with Crippen molar-refractivity contribution in [2.45, 2.75) is 0 Å². The molecule has 1 nitrogen and oxygen atoms in total. The van der Waals surface area contributed by atoms with Crippen LogP contribution in [0.25, 0.3) is 0 Å². The summed E-state index contributed by atoms with van der Waals surface area (Å²) >= 11 is 10.2. The first-order valence-corrected chi connectivity index (χ1v) is 5.21. The van der Waals surface area contributed by atoms with Gasteiger partial charge in [0.15, 0.2) is 0 Å². The average molecular weight is 345 g/mol. The summed E-state index contributed by atoms with van der Waals surface area (Å²) < 4.78 is 8.00. The Kier molecular flexibility index (Phi) is 3.40. The molecule has 0 fully saturated rings. The van der Waals surface area contributed by atoms with Gasteiger partial charge in [-0.05, 0) is 59.9 Å². The van der Waals surface area contributed by atoms with Crippen molar-refractivity contribution in [2.24, 2.45) is 0 Å². The van der Waals surface area contributed by atoms with Crippen molar-refractivity contribution in [3.63, 3.8) is 0 Å². The van der Waals surface area contributed by atoms with Crippen LogP contribution in [-0.4, -0.2) is 7.11 Å². The fourth-order valence-corrected chi connectivity index (χ4v) is 2.02. The zero-order chi connectivity index (χ0) is 8.43. The number of rotatable bonds is 1. The van der Waals surface area contributed by atoms with E-state index in [2.05, 4.69) is 47.8 Å². The summed E-state index contributed by atoms with van der Waals surface area (Å²) in [5.41, 5.74) is 0. The largest absolute Gasteiger partial charge is 0.497 e. The third-order valence-corrected chi connectivity index (χ3v) is 4.36. The lowest BCUT2D eigenvalue weighted by Crippen LogP contribution is -1.83. The van der Waals surface area contributed by atoms with Gasteiger partial charge < -0.3 is 4.74 Å². The first-order chi connectivity index (χ1) is 5.15. The Morgan fingerprint density at radius 2 is 1.55 bits per heavy atom. The fourth-order valence-electron chi connectivity index (χ4n) is 0.650. The fraction of sp³-hybridized carbons (Fsp3) is 0.143. The molecule has 0 heterocycles. The highest BCUT2D eigenvalue weighted by atomic mass is 79.9. The first-order valence-electron chi connectivity index (χ1n) is 2.83. The van der Waals surface area contributed by atoms with Crippen molar-refractivity contribution in [1.82, 2.24) is 0 Å². The highest BCUT2D eigenvalue weighted by Crippen LogP contribution is 2.34. The van der Waals surface area contributed by atoms with Gasteiger partial charge >= 0.3 is 0 Å². The molecule has 0 spiro atoms. The van der Waals surface area contributed by atoms with Crippen molar-refractivity contribution in [1.29, 1.82) is 0 Å². The maximum atomic E-state index is 5.05. The number of ether oxygens (including phenoxy) is 1. The van der Waals surface area contributed by atoms with Crippen LogP contribution in [0, 0.1) is 0 Å². The van der Waals surface area contributed by atoms with Gasteiger partial charge in [-0.15, -0.1) is 0 Å². The Morgan fingerprint density at radius 3 is 1.91 bits per heavy atom. The molecule has 4 heteroatoms. The molecular formula is C7H5Br3O. The lowest BCUT2D eigenvalue weighted by Gasteiger charge is -2.03. The molecule has 0 aliphatic heterocycles. The van der Waals surface area contributed by atoms with E-state index in [9.17, 15) is 0 Å². The van der Waals surface area contributed by atoms with E-state index in [1.165, 1.54) is 0 Å². The molecular weight excluding hydrogens is 340 g/mol. The lowest BCUT2D eigenvalue weighted by molar-refractivity contribution is 0.414. The molecule has 0 aromatic heterocycles. The lowest BCUT2D eigenvalue weighted by atomic mass is 10.3. The third kappa shape index (κ3) is 2.20. The Morgan fingerprint density at radius 1 is 1.09 bits per heavy atom. The van der Waals surface area contributed by atoms with Crippen LogP contribution in [0.4, 0.5) is 0 Å². The molecule has 0 bridgehead atoms. The van der Waals surface area contributed by atoms with Crippen LogP contribution in [0.1, 0.15) is 0 Å². The molecule has 0 unspecified atom stereocenters. The second-order valence-electron chi connectivity index (χ2n) is 1.91. The molecule has 0 N–H and O–H groups in total. The minimum Gasteiger partial charge on any atom is -0.497 e. The topological polar surface area (TPSA) is 9.23 Å². The Hall–Kier alpha value is 0.460. The highest BCUT2D eigenvalue weighted by Gasteiger charge is 2.03. The van der Waals surface area contributed by atoms with Crippen LogP contribution >= 0.6 is 47.8 Å². The Labute approximate surface area is 90.5 Å². The van der Waals surface area contributed by atoms with E-state index in [1.807, 2.05) is 12.1 Å². The molecule has 0 saturated heterocycles. The van der Waals surface area contributed by atoms with Gasteiger partial charge in [0.05, 0.1) is 7.11 Å². The van der Waals surface area contributed by atoms with E-state index >= 15 is 0 Å². The predicted octanol–water partition coefficient (Wildman–Crippen LogP) is 3.98. The van der Waals surface area contributed by atoms with Crippen molar-refractivity contribution >= 4 is 47.8 Å². The van der Waals surface area contributed by atoms with Crippen LogP contribution in [-0.2, 0) is 0 Å². The number of benzene rings is 1. The van der Waals surface area contributed by atoms with E-state index < -0.39 is 0 Å². The average Bonchev–Trinajstić information content (AvgIpc) is 1.99. The van der Waals surface area contributed by atoms with Gasteiger partial charge in [0, 0.05) is 13.4 Å². The van der Waals surface area contributed by atoms with Crippen molar-refractivity contribution in [3.8, 4) is 5.75 Å². The molecule has 1 rings (SSSR count). The first kappa shape index (κ1) is 9.55. The highest BCUT2D eigenvalue weighted by molar-refractivity contribution is 9.14. The van der Waals surface area contributed by atoms with Crippen molar-refractivity contribution in [3.05, 3.63) is 25.6 Å². The zero-order valence-corrected chi connectivity index (χ0v) is 10.5. The molecule has 0 radical (unpaired) electrons. The van der Waals surface area contributed by atoms with E-state index in [4.69, 9.17) is 4.74 Å². The molecule has 11 heavy (non-hydrogen) atoms. The van der Waals surface area contributed by atoms with Gasteiger partial charge in [0.25, 0.3) is 0 Å². The van der Waals surface area contributed by atoms with E-state index in [0.717, 1.165) is 19.2 Å². The summed E-state index contributed by atoms with van der Waals surface area (Å²) in [5, 5.41) is 0. The molecule has 1 aromatic rings. The van der Waals surface area contributed by atoms with Gasteiger partial charge in [-0.3, -0.25) is 0 Å². The second-order valence-corrected chi connectivity index (χ2v) is 4.41. The summed E-state index contributed by atoms with van der Waals surface area (Å²) in [4.78, 5) is 0. The Balaban J connectivity index is 3.21. The van der Waals surface area contributed by atoms with Crippen molar-refractivity contribution < 1.29 is 4.74 Å². The number of methoxy groups -OCH3 is 1. The van der Waals surface area contributed by atoms with Gasteiger partial charge in [-0.1, -0.05) is 0 Å². The van der Waals surface area contributed by atoms with Crippen LogP contribution in [0.5, 0.6) is 5.75 Å². The van der Waals surface area contributed by atoms with Crippen LogP contribution in [0.3, 0.4) is 0 Å². The standard InChI is InChI=1S/C7H5Br3O/c1-11-4-2-5(8)7(10)6(9)3-4/h2-3H,1H3. The molecule has 60 valence electrons. The van der Waals surface area contributed by atoms with Crippen LogP contribution < -0.4 is 4.74 Å². The summed E-state index contributed by atoms with van der Waals surface area (Å²) in [7, 11) is 1.64. The van der Waals surface area contributed by atoms with Gasteiger partial charge in [-0.2, -0.15) is 0 Å². The third-order valence-electron chi connectivity index (χ3n) is 1.19. The molecule has 1 aromatic carbocycles. The molecule has 0 amide bonds. The second kappa shape index (κ2) is 3.92. The molecule has 0 aliphatic carbocycles. The van der Waals surface area contributed by atoms with Crippen LogP contribution in [0.15, 0.2) is 25.6 Å². The predicted molar refractivity (Wildman–Crippen MR) is 56.1 cm³/mol. The minimum absolute atomic E-state index is 0.826. The Bertz CT molecular complexity index is 249. The maximum Gasteiger partial charge on any atom is 0.121 e. The molecule has 0 aliphatic rings. The minimum atomic E-state index is 0.826. The summed E-state index contributed by atoms with van der Waals surface area (Å²) in [6, 6.07) is 3.80. The van der Waals surface area contributed by atoms with E-state index in [0.29, 0.717) is 0 Å². The van der Waals surface area contributed by atoms with Crippen molar-refractivity contribution in [2.75, 3.05) is 7.11 Å². The molecule has 0 atom stereocenters. The number of hydrogen-bond donors (Lipinski definition) is 0. The monoisotopic (exact) mass is 342 g/mol. The maximum absolute atomic E-state index is 5.05. The zero-order valence-electron chi connectivity index (χ0n) is 5.70.